The summed E-state index contributed by atoms with van der Waals surface area (Å²) in [6.07, 6.45) is 0. The van der Waals surface area contributed by atoms with Crippen molar-refractivity contribution in [1.82, 2.24) is 4.98 Å². The number of benzene rings is 1. The Labute approximate surface area is 113 Å². The minimum absolute atomic E-state index is 0.119. The van der Waals surface area contributed by atoms with Gasteiger partial charge in [-0.15, -0.1) is 11.3 Å². The molecule has 0 amide bonds. The number of phenolic OH excluding ortho intramolecular Hbond substituents is 1. The maximum Gasteiger partial charge on any atom is 0.346 e. The molecule has 2 heterocycles. The number of fused-ring (bicyclic) bond motifs is 1. The third-order valence-corrected chi connectivity index (χ3v) is 3.97. The first-order valence-corrected chi connectivity index (χ1v) is 6.63. The van der Waals surface area contributed by atoms with Crippen molar-refractivity contribution in [3.8, 4) is 16.3 Å². The zero-order chi connectivity index (χ0) is 13.6. The minimum Gasteiger partial charge on any atom is -0.508 e. The summed E-state index contributed by atoms with van der Waals surface area (Å²) in [5.74, 6) is 0.119. The lowest BCUT2D eigenvalue weighted by molar-refractivity contribution is 0.468. The molecule has 1 aromatic carbocycles. The number of phenols is 1. The molecule has 0 aliphatic heterocycles. The van der Waals surface area contributed by atoms with E-state index in [2.05, 4.69) is 4.98 Å². The number of aromatic nitrogens is 1. The maximum atomic E-state index is 12.0. The minimum atomic E-state index is -0.435. The van der Waals surface area contributed by atoms with E-state index in [0.717, 1.165) is 11.1 Å². The predicted octanol–water partition coefficient (Wildman–Crippen LogP) is 3.24. The molecule has 4 nitrogen and oxygen atoms in total. The van der Waals surface area contributed by atoms with Crippen molar-refractivity contribution in [2.45, 2.75) is 13.8 Å². The van der Waals surface area contributed by atoms with E-state index in [4.69, 9.17) is 4.42 Å². The molecule has 3 rings (SSSR count). The Hall–Kier alpha value is -2.14. The zero-order valence-corrected chi connectivity index (χ0v) is 11.2. The Balaban J connectivity index is 2.32. The van der Waals surface area contributed by atoms with Crippen molar-refractivity contribution in [3.63, 3.8) is 0 Å². The van der Waals surface area contributed by atoms with E-state index in [9.17, 15) is 9.90 Å². The van der Waals surface area contributed by atoms with Crippen molar-refractivity contribution >= 4 is 22.3 Å². The Morgan fingerprint density at radius 2 is 2.11 bits per heavy atom. The second-order valence-corrected chi connectivity index (χ2v) is 5.23. The molecule has 3 aromatic rings. The number of aryl methyl sites for hydroxylation is 2. The van der Waals surface area contributed by atoms with Crippen molar-refractivity contribution in [1.29, 1.82) is 0 Å². The lowest BCUT2D eigenvalue weighted by Crippen LogP contribution is -2.03. The number of hydrogen-bond acceptors (Lipinski definition) is 5. The average Bonchev–Trinajstić information content (AvgIpc) is 2.81. The molecule has 1 N–H and O–H groups in total. The zero-order valence-electron chi connectivity index (χ0n) is 10.4. The Bertz CT molecular complexity index is 832. The summed E-state index contributed by atoms with van der Waals surface area (Å²) in [5.41, 5.74) is 1.88. The standard InChI is InChI=1S/C14H11NO3S/c1-7-6-19-13(15-7)10-5-9-3-4-11(16)8(2)12(9)18-14(10)17/h3-6,16H,1-2H3. The SMILES string of the molecule is Cc1csc(-c2cc3ccc(O)c(C)c3oc2=O)n1. The van der Waals surface area contributed by atoms with Crippen LogP contribution in [0.3, 0.4) is 0 Å². The van der Waals surface area contributed by atoms with Crippen LogP contribution in [-0.4, -0.2) is 10.1 Å². The average molecular weight is 273 g/mol. The molecule has 0 fully saturated rings. The summed E-state index contributed by atoms with van der Waals surface area (Å²) < 4.78 is 5.32. The van der Waals surface area contributed by atoms with Gasteiger partial charge in [0.15, 0.2) is 0 Å². The molecule has 0 spiro atoms. The molecule has 0 saturated carbocycles. The van der Waals surface area contributed by atoms with Gasteiger partial charge in [-0.3, -0.25) is 0 Å². The number of nitrogens with zero attached hydrogens (tertiary/aromatic N) is 1. The van der Waals surface area contributed by atoms with Crippen LogP contribution in [0.25, 0.3) is 21.5 Å². The summed E-state index contributed by atoms with van der Waals surface area (Å²) >= 11 is 1.41. The van der Waals surface area contributed by atoms with Crippen LogP contribution in [0.1, 0.15) is 11.3 Å². The predicted molar refractivity (Wildman–Crippen MR) is 74.7 cm³/mol. The number of aromatic hydroxyl groups is 1. The number of hydrogen-bond donors (Lipinski definition) is 1. The highest BCUT2D eigenvalue weighted by molar-refractivity contribution is 7.13. The fourth-order valence-electron chi connectivity index (χ4n) is 1.94. The van der Waals surface area contributed by atoms with Crippen LogP contribution < -0.4 is 5.63 Å². The normalized spacial score (nSPS) is 11.1. The summed E-state index contributed by atoms with van der Waals surface area (Å²) in [5, 5.41) is 12.9. The van der Waals surface area contributed by atoms with Gasteiger partial charge < -0.3 is 9.52 Å². The van der Waals surface area contributed by atoms with Gasteiger partial charge >= 0.3 is 5.63 Å². The Morgan fingerprint density at radius 1 is 1.32 bits per heavy atom. The molecule has 0 unspecified atom stereocenters. The summed E-state index contributed by atoms with van der Waals surface area (Å²) in [7, 11) is 0. The van der Waals surface area contributed by atoms with Crippen molar-refractivity contribution in [3.05, 3.63) is 45.3 Å². The summed E-state index contributed by atoms with van der Waals surface area (Å²) in [6.45, 7) is 3.60. The molecule has 0 aliphatic rings. The molecule has 2 aromatic heterocycles. The first kappa shape index (κ1) is 11.9. The molecule has 0 bridgehead atoms. The Morgan fingerprint density at radius 3 is 2.79 bits per heavy atom. The molecular formula is C14H11NO3S. The highest BCUT2D eigenvalue weighted by atomic mass is 32.1. The smallest absolute Gasteiger partial charge is 0.346 e. The lowest BCUT2D eigenvalue weighted by Gasteiger charge is -2.04. The molecule has 96 valence electrons. The van der Waals surface area contributed by atoms with Crippen LogP contribution in [-0.2, 0) is 0 Å². The van der Waals surface area contributed by atoms with E-state index in [0.29, 0.717) is 21.7 Å². The summed E-state index contributed by atoms with van der Waals surface area (Å²) in [6, 6.07) is 5.07. The largest absolute Gasteiger partial charge is 0.508 e. The summed E-state index contributed by atoms with van der Waals surface area (Å²) in [4.78, 5) is 16.3. The van der Waals surface area contributed by atoms with Crippen molar-refractivity contribution < 1.29 is 9.52 Å². The van der Waals surface area contributed by atoms with E-state index < -0.39 is 5.63 Å². The maximum absolute atomic E-state index is 12.0. The lowest BCUT2D eigenvalue weighted by atomic mass is 10.1. The topological polar surface area (TPSA) is 63.3 Å². The van der Waals surface area contributed by atoms with Crippen LogP contribution in [0.15, 0.2) is 32.8 Å². The van der Waals surface area contributed by atoms with E-state index >= 15 is 0 Å². The van der Waals surface area contributed by atoms with Gasteiger partial charge in [0.2, 0.25) is 0 Å². The van der Waals surface area contributed by atoms with Crippen molar-refractivity contribution in [2.75, 3.05) is 0 Å². The van der Waals surface area contributed by atoms with E-state index in [1.165, 1.54) is 11.3 Å². The monoisotopic (exact) mass is 273 g/mol. The van der Waals surface area contributed by atoms with Gasteiger partial charge in [0, 0.05) is 22.0 Å². The van der Waals surface area contributed by atoms with E-state index in [1.54, 1.807) is 25.1 Å². The number of thiazole rings is 1. The van der Waals surface area contributed by atoms with E-state index in [1.807, 2.05) is 12.3 Å². The van der Waals surface area contributed by atoms with Gasteiger partial charge in [0.05, 0.1) is 5.56 Å². The van der Waals surface area contributed by atoms with Crippen LogP contribution in [0.2, 0.25) is 0 Å². The molecule has 0 aliphatic carbocycles. The highest BCUT2D eigenvalue weighted by Gasteiger charge is 2.13. The van der Waals surface area contributed by atoms with Crippen LogP contribution in [0, 0.1) is 13.8 Å². The fourth-order valence-corrected chi connectivity index (χ4v) is 2.74. The molecule has 0 radical (unpaired) electrons. The fraction of sp³-hybridized carbons (Fsp3) is 0.143. The molecule has 0 saturated heterocycles. The molecule has 5 heteroatoms. The first-order chi connectivity index (χ1) is 9.06. The second-order valence-electron chi connectivity index (χ2n) is 4.37. The molecular weight excluding hydrogens is 262 g/mol. The van der Waals surface area contributed by atoms with E-state index in [-0.39, 0.29) is 5.75 Å². The van der Waals surface area contributed by atoms with Crippen LogP contribution in [0.5, 0.6) is 5.75 Å². The quantitative estimate of drug-likeness (QED) is 0.691. The third-order valence-electron chi connectivity index (χ3n) is 2.97. The van der Waals surface area contributed by atoms with Gasteiger partial charge in [-0.05, 0) is 32.0 Å². The second kappa shape index (κ2) is 4.20. The Kier molecular flexibility index (Phi) is 2.64. The van der Waals surface area contributed by atoms with Gasteiger partial charge in [-0.25, -0.2) is 9.78 Å². The van der Waals surface area contributed by atoms with Gasteiger partial charge in [-0.1, -0.05) is 0 Å². The first-order valence-electron chi connectivity index (χ1n) is 5.75. The highest BCUT2D eigenvalue weighted by Crippen LogP contribution is 2.28. The van der Waals surface area contributed by atoms with Gasteiger partial charge in [0.1, 0.15) is 16.3 Å². The third kappa shape index (κ3) is 1.92. The van der Waals surface area contributed by atoms with Gasteiger partial charge in [-0.2, -0.15) is 0 Å². The molecule has 19 heavy (non-hydrogen) atoms. The van der Waals surface area contributed by atoms with Gasteiger partial charge in [0.25, 0.3) is 0 Å². The van der Waals surface area contributed by atoms with Crippen LogP contribution in [0.4, 0.5) is 0 Å². The molecule has 0 atom stereocenters. The van der Waals surface area contributed by atoms with Crippen molar-refractivity contribution in [2.24, 2.45) is 0 Å². The number of rotatable bonds is 1. The van der Waals surface area contributed by atoms with Crippen LogP contribution >= 0.6 is 11.3 Å².